The Morgan fingerprint density at radius 3 is 2.81 bits per heavy atom. The highest BCUT2D eigenvalue weighted by Crippen LogP contribution is 2.22. The van der Waals surface area contributed by atoms with Gasteiger partial charge in [-0.15, -0.1) is 0 Å². The van der Waals surface area contributed by atoms with Crippen LogP contribution < -0.4 is 5.73 Å². The minimum Gasteiger partial charge on any atom is -0.330 e. The van der Waals surface area contributed by atoms with E-state index in [4.69, 9.17) is 5.73 Å². The van der Waals surface area contributed by atoms with Crippen molar-refractivity contribution in [3.63, 3.8) is 0 Å². The fourth-order valence-electron chi connectivity index (χ4n) is 1.88. The largest absolute Gasteiger partial charge is 0.330 e. The predicted octanol–water partition coefficient (Wildman–Crippen LogP) is 2.74. The Kier molecular flexibility index (Phi) is 2.88. The number of nitrogens with zero attached hydrogens (tertiary/aromatic N) is 1. The Labute approximate surface area is 94.3 Å². The van der Waals surface area contributed by atoms with E-state index in [0.29, 0.717) is 6.54 Å². The molecule has 2 nitrogen and oxygen atoms in total. The van der Waals surface area contributed by atoms with Crippen LogP contribution in [0.1, 0.15) is 24.1 Å². The lowest BCUT2D eigenvalue weighted by atomic mass is 10.0. The number of pyridine rings is 1. The smallest absolute Gasteiger partial charge is 0.123 e. The first kappa shape index (κ1) is 11.0. The van der Waals surface area contributed by atoms with E-state index in [2.05, 4.69) is 4.98 Å². The van der Waals surface area contributed by atoms with E-state index < -0.39 is 0 Å². The van der Waals surface area contributed by atoms with Crippen LogP contribution in [0.25, 0.3) is 10.9 Å². The lowest BCUT2D eigenvalue weighted by molar-refractivity contribution is 0.629. The number of hydrogen-bond donors (Lipinski definition) is 1. The minimum atomic E-state index is -0.228. The van der Waals surface area contributed by atoms with Crippen LogP contribution in [0.15, 0.2) is 24.3 Å². The molecule has 3 heteroatoms. The van der Waals surface area contributed by atoms with Crippen molar-refractivity contribution in [3.05, 3.63) is 41.3 Å². The number of halogens is 1. The van der Waals surface area contributed by atoms with Crippen LogP contribution in [-0.4, -0.2) is 11.5 Å². The second-order valence-electron chi connectivity index (χ2n) is 4.16. The molecule has 0 aliphatic rings. The van der Waals surface area contributed by atoms with E-state index in [1.54, 1.807) is 6.07 Å². The maximum Gasteiger partial charge on any atom is 0.123 e. The van der Waals surface area contributed by atoms with Crippen LogP contribution in [-0.2, 0) is 0 Å². The average molecular weight is 218 g/mol. The van der Waals surface area contributed by atoms with Crippen LogP contribution in [0.5, 0.6) is 0 Å². The van der Waals surface area contributed by atoms with Crippen LogP contribution in [0, 0.1) is 12.7 Å². The first-order valence-electron chi connectivity index (χ1n) is 5.38. The highest BCUT2D eigenvalue weighted by Gasteiger charge is 2.10. The van der Waals surface area contributed by atoms with Gasteiger partial charge in [0, 0.05) is 23.5 Å². The Bertz CT molecular complexity index is 523. The summed E-state index contributed by atoms with van der Waals surface area (Å²) in [6, 6.07) is 6.61. The van der Waals surface area contributed by atoms with Crippen molar-refractivity contribution in [2.75, 3.05) is 6.54 Å². The van der Waals surface area contributed by atoms with Gasteiger partial charge in [-0.3, -0.25) is 4.98 Å². The molecule has 0 amide bonds. The zero-order chi connectivity index (χ0) is 11.7. The molecule has 1 unspecified atom stereocenters. The number of fused-ring (bicyclic) bond motifs is 1. The Balaban J connectivity index is 2.62. The molecule has 0 radical (unpaired) electrons. The van der Waals surface area contributed by atoms with Gasteiger partial charge in [-0.2, -0.15) is 0 Å². The number of aryl methyl sites for hydroxylation is 1. The first-order valence-corrected chi connectivity index (χ1v) is 5.38. The second kappa shape index (κ2) is 4.18. The van der Waals surface area contributed by atoms with Crippen LogP contribution in [0.4, 0.5) is 4.39 Å². The quantitative estimate of drug-likeness (QED) is 0.841. The molecule has 2 rings (SSSR count). The molecule has 0 aliphatic carbocycles. The summed E-state index contributed by atoms with van der Waals surface area (Å²) in [6.07, 6.45) is 0. The highest BCUT2D eigenvalue weighted by molar-refractivity contribution is 5.79. The third kappa shape index (κ3) is 1.91. The average Bonchev–Trinajstić information content (AvgIpc) is 2.27. The van der Waals surface area contributed by atoms with Gasteiger partial charge in [0.2, 0.25) is 0 Å². The lowest BCUT2D eigenvalue weighted by Crippen LogP contribution is -2.11. The SMILES string of the molecule is Cc1cc2cc(F)ccc2nc1C(C)CN. The molecule has 1 aromatic carbocycles. The van der Waals surface area contributed by atoms with Gasteiger partial charge >= 0.3 is 0 Å². The lowest BCUT2D eigenvalue weighted by Gasteiger charge is -2.12. The van der Waals surface area contributed by atoms with Crippen LogP contribution >= 0.6 is 0 Å². The van der Waals surface area contributed by atoms with Gasteiger partial charge in [-0.1, -0.05) is 6.92 Å². The molecule has 0 aliphatic heterocycles. The summed E-state index contributed by atoms with van der Waals surface area (Å²) >= 11 is 0. The third-order valence-corrected chi connectivity index (χ3v) is 2.83. The number of aromatic nitrogens is 1. The van der Waals surface area contributed by atoms with E-state index in [1.165, 1.54) is 12.1 Å². The maximum atomic E-state index is 13.0. The number of rotatable bonds is 2. The van der Waals surface area contributed by atoms with E-state index in [1.807, 2.05) is 19.9 Å². The molecule has 2 aromatic rings. The summed E-state index contributed by atoms with van der Waals surface area (Å²) in [5.41, 5.74) is 8.53. The first-order chi connectivity index (χ1) is 7.61. The minimum absolute atomic E-state index is 0.228. The van der Waals surface area contributed by atoms with Crippen LogP contribution in [0.2, 0.25) is 0 Å². The summed E-state index contributed by atoms with van der Waals surface area (Å²) < 4.78 is 13.0. The fraction of sp³-hybridized carbons (Fsp3) is 0.308. The standard InChI is InChI=1S/C13H15FN2/c1-8-5-10-6-11(14)3-4-12(10)16-13(8)9(2)7-15/h3-6,9H,7,15H2,1-2H3. The van der Waals surface area contributed by atoms with Gasteiger partial charge < -0.3 is 5.73 Å². The number of nitrogens with two attached hydrogens (primary N) is 1. The molecule has 1 atom stereocenters. The number of benzene rings is 1. The van der Waals surface area contributed by atoms with Gasteiger partial charge in [0.15, 0.2) is 0 Å². The summed E-state index contributed by atoms with van der Waals surface area (Å²) in [6.45, 7) is 4.60. The normalized spacial score (nSPS) is 13.0. The molecule has 0 spiro atoms. The zero-order valence-corrected chi connectivity index (χ0v) is 9.50. The van der Waals surface area contributed by atoms with Crippen molar-refractivity contribution < 1.29 is 4.39 Å². The molecule has 0 bridgehead atoms. The monoisotopic (exact) mass is 218 g/mol. The zero-order valence-electron chi connectivity index (χ0n) is 9.50. The molecule has 1 aromatic heterocycles. The summed E-state index contributed by atoms with van der Waals surface area (Å²) in [5.74, 6) is 0.00257. The molecule has 0 saturated carbocycles. The molecular formula is C13H15FN2. The molecule has 0 fully saturated rings. The highest BCUT2D eigenvalue weighted by atomic mass is 19.1. The van der Waals surface area contributed by atoms with Gasteiger partial charge in [-0.05, 0) is 36.8 Å². The summed E-state index contributed by atoms with van der Waals surface area (Å²) in [7, 11) is 0. The second-order valence-corrected chi connectivity index (χ2v) is 4.16. The van der Waals surface area contributed by atoms with Gasteiger partial charge in [0.1, 0.15) is 5.82 Å². The van der Waals surface area contributed by atoms with E-state index >= 15 is 0 Å². The molecular weight excluding hydrogens is 203 g/mol. The Hall–Kier alpha value is -1.48. The van der Waals surface area contributed by atoms with Gasteiger partial charge in [0.25, 0.3) is 0 Å². The van der Waals surface area contributed by atoms with Crippen molar-refractivity contribution in [1.29, 1.82) is 0 Å². The maximum absolute atomic E-state index is 13.0. The molecule has 1 heterocycles. The topological polar surface area (TPSA) is 38.9 Å². The predicted molar refractivity (Wildman–Crippen MR) is 63.9 cm³/mol. The van der Waals surface area contributed by atoms with Crippen molar-refractivity contribution in [1.82, 2.24) is 4.98 Å². The van der Waals surface area contributed by atoms with Crippen molar-refractivity contribution in [2.45, 2.75) is 19.8 Å². The summed E-state index contributed by atoms with van der Waals surface area (Å²) in [5, 5.41) is 0.838. The Morgan fingerprint density at radius 1 is 1.38 bits per heavy atom. The van der Waals surface area contributed by atoms with Crippen molar-refractivity contribution >= 4 is 10.9 Å². The molecule has 84 valence electrons. The van der Waals surface area contributed by atoms with E-state index in [0.717, 1.165) is 22.2 Å². The van der Waals surface area contributed by atoms with E-state index in [9.17, 15) is 4.39 Å². The van der Waals surface area contributed by atoms with Crippen molar-refractivity contribution in [2.24, 2.45) is 5.73 Å². The van der Waals surface area contributed by atoms with Crippen molar-refractivity contribution in [3.8, 4) is 0 Å². The molecule has 2 N–H and O–H groups in total. The molecule has 16 heavy (non-hydrogen) atoms. The fourth-order valence-corrected chi connectivity index (χ4v) is 1.88. The third-order valence-electron chi connectivity index (χ3n) is 2.83. The Morgan fingerprint density at radius 2 is 2.12 bits per heavy atom. The summed E-state index contributed by atoms with van der Waals surface area (Å²) in [4.78, 5) is 4.54. The van der Waals surface area contributed by atoms with Gasteiger partial charge in [0.05, 0.1) is 5.52 Å². The van der Waals surface area contributed by atoms with E-state index in [-0.39, 0.29) is 11.7 Å². The number of hydrogen-bond acceptors (Lipinski definition) is 2. The van der Waals surface area contributed by atoms with Crippen LogP contribution in [0.3, 0.4) is 0 Å². The van der Waals surface area contributed by atoms with Gasteiger partial charge in [-0.25, -0.2) is 4.39 Å². The molecule has 0 saturated heterocycles.